The van der Waals surface area contributed by atoms with Crippen molar-refractivity contribution in [3.63, 3.8) is 0 Å². The molecule has 1 aliphatic carbocycles. The maximum Gasteiger partial charge on any atom is 0.338 e. The van der Waals surface area contributed by atoms with Crippen molar-refractivity contribution in [3.05, 3.63) is 71.3 Å². The third kappa shape index (κ3) is 2.23. The molecule has 0 N–H and O–H groups in total. The fourth-order valence-corrected chi connectivity index (χ4v) is 6.31. The van der Waals surface area contributed by atoms with Crippen LogP contribution in [0.4, 0.5) is 0 Å². The minimum absolute atomic E-state index is 0.238. The highest BCUT2D eigenvalue weighted by Crippen LogP contribution is 2.52. The molecule has 3 aromatic rings. The van der Waals surface area contributed by atoms with Gasteiger partial charge in [-0.2, -0.15) is 0 Å². The van der Waals surface area contributed by atoms with Crippen molar-refractivity contribution in [1.82, 2.24) is 0 Å². The monoisotopic (exact) mass is 390 g/mol. The van der Waals surface area contributed by atoms with Gasteiger partial charge in [-0.25, -0.2) is 13.2 Å². The summed E-state index contributed by atoms with van der Waals surface area (Å²) >= 11 is 0. The van der Waals surface area contributed by atoms with Crippen LogP contribution in [0.5, 0.6) is 0 Å². The third-order valence-electron chi connectivity index (χ3n) is 5.52. The number of esters is 1. The molecular formula is C23H18O4S. The summed E-state index contributed by atoms with van der Waals surface area (Å²) in [5.41, 5.74) is 5.08. The van der Waals surface area contributed by atoms with E-state index in [1.165, 1.54) is 0 Å². The molecule has 3 aromatic carbocycles. The van der Waals surface area contributed by atoms with Gasteiger partial charge in [-0.1, -0.05) is 42.5 Å². The Balaban J connectivity index is 1.94. The van der Waals surface area contributed by atoms with Crippen LogP contribution in [0.25, 0.3) is 22.3 Å². The van der Waals surface area contributed by atoms with Gasteiger partial charge in [0.05, 0.1) is 22.0 Å². The molecule has 5 heteroatoms. The van der Waals surface area contributed by atoms with Gasteiger partial charge < -0.3 is 4.74 Å². The summed E-state index contributed by atoms with van der Waals surface area (Å²) in [5.74, 6) is -0.479. The second-order valence-corrected chi connectivity index (χ2v) is 8.89. The molecule has 0 unspecified atom stereocenters. The van der Waals surface area contributed by atoms with Crippen LogP contribution < -0.4 is 0 Å². The molecule has 0 spiro atoms. The van der Waals surface area contributed by atoms with Crippen LogP contribution in [0.15, 0.2) is 64.4 Å². The highest BCUT2D eigenvalue weighted by atomic mass is 32.2. The number of carbonyl (C=O) groups is 1. The number of rotatable bonds is 2. The van der Waals surface area contributed by atoms with E-state index in [1.807, 2.05) is 30.3 Å². The maximum atomic E-state index is 13.5. The van der Waals surface area contributed by atoms with Gasteiger partial charge in [0.1, 0.15) is 0 Å². The van der Waals surface area contributed by atoms with E-state index in [1.54, 1.807) is 31.2 Å². The molecule has 2 aliphatic rings. The summed E-state index contributed by atoms with van der Waals surface area (Å²) in [6.45, 7) is 1.99. The molecule has 0 radical (unpaired) electrons. The van der Waals surface area contributed by atoms with Crippen LogP contribution in [-0.4, -0.2) is 21.0 Å². The van der Waals surface area contributed by atoms with Crippen molar-refractivity contribution in [3.8, 4) is 22.3 Å². The normalized spacial score (nSPS) is 15.2. The van der Waals surface area contributed by atoms with Crippen molar-refractivity contribution in [1.29, 1.82) is 0 Å². The van der Waals surface area contributed by atoms with Crippen LogP contribution in [0, 0.1) is 0 Å². The Morgan fingerprint density at radius 2 is 1.61 bits per heavy atom. The number of hydrogen-bond donors (Lipinski definition) is 0. The number of aryl methyl sites for hydroxylation is 2. The van der Waals surface area contributed by atoms with Crippen molar-refractivity contribution in [2.24, 2.45) is 0 Å². The minimum Gasteiger partial charge on any atom is -0.462 e. The second kappa shape index (κ2) is 6.04. The number of ether oxygens (including phenoxy) is 1. The Morgan fingerprint density at radius 1 is 0.929 bits per heavy atom. The van der Waals surface area contributed by atoms with Gasteiger partial charge in [-0.15, -0.1) is 0 Å². The van der Waals surface area contributed by atoms with E-state index in [-0.39, 0.29) is 16.4 Å². The van der Waals surface area contributed by atoms with E-state index in [9.17, 15) is 13.2 Å². The van der Waals surface area contributed by atoms with Gasteiger partial charge in [0, 0.05) is 16.7 Å². The van der Waals surface area contributed by atoms with Gasteiger partial charge in [0.25, 0.3) is 0 Å². The Morgan fingerprint density at radius 3 is 2.39 bits per heavy atom. The molecule has 4 nitrogen and oxygen atoms in total. The smallest absolute Gasteiger partial charge is 0.338 e. The van der Waals surface area contributed by atoms with Gasteiger partial charge in [-0.05, 0) is 48.6 Å². The van der Waals surface area contributed by atoms with Gasteiger partial charge in [0.15, 0.2) is 0 Å². The Hall–Kier alpha value is -2.92. The van der Waals surface area contributed by atoms with E-state index >= 15 is 0 Å². The summed E-state index contributed by atoms with van der Waals surface area (Å²) in [7, 11) is -3.73. The van der Waals surface area contributed by atoms with E-state index < -0.39 is 15.8 Å². The predicted molar refractivity (Wildman–Crippen MR) is 106 cm³/mol. The molecule has 1 heterocycles. The first-order chi connectivity index (χ1) is 13.5. The molecule has 1 aliphatic heterocycles. The first-order valence-electron chi connectivity index (χ1n) is 9.33. The fourth-order valence-electron chi connectivity index (χ4n) is 4.38. The topological polar surface area (TPSA) is 60.4 Å². The summed E-state index contributed by atoms with van der Waals surface area (Å²) in [5, 5.41) is 0. The van der Waals surface area contributed by atoms with Crippen molar-refractivity contribution in [2.45, 2.75) is 29.6 Å². The number of fused-ring (bicyclic) bond motifs is 7. The molecular weight excluding hydrogens is 372 g/mol. The van der Waals surface area contributed by atoms with Gasteiger partial charge in [0.2, 0.25) is 9.84 Å². The second-order valence-electron chi connectivity index (χ2n) is 7.04. The average Bonchev–Trinajstić information content (AvgIpc) is 2.95. The minimum atomic E-state index is -3.73. The van der Waals surface area contributed by atoms with Crippen LogP contribution >= 0.6 is 0 Å². The molecule has 0 aromatic heterocycles. The molecule has 0 saturated heterocycles. The van der Waals surface area contributed by atoms with Gasteiger partial charge in [-0.3, -0.25) is 0 Å². The SMILES string of the molecule is CCOC(=O)c1cc2c(c3c1-c1ccccc1S3(=O)=O)-c1ccccc1CC2. The van der Waals surface area contributed by atoms with E-state index in [0.717, 1.165) is 28.7 Å². The van der Waals surface area contributed by atoms with Crippen LogP contribution in [0.2, 0.25) is 0 Å². The fraction of sp³-hybridized carbons (Fsp3) is 0.174. The Kier molecular flexibility index (Phi) is 3.71. The van der Waals surface area contributed by atoms with E-state index in [0.29, 0.717) is 23.1 Å². The molecule has 0 amide bonds. The number of sulfone groups is 1. The van der Waals surface area contributed by atoms with Crippen LogP contribution in [0.1, 0.15) is 28.4 Å². The molecule has 0 bridgehead atoms. The summed E-state index contributed by atoms with van der Waals surface area (Å²) in [6.07, 6.45) is 1.51. The zero-order valence-corrected chi connectivity index (χ0v) is 16.2. The Labute approximate surface area is 163 Å². The summed E-state index contributed by atoms with van der Waals surface area (Å²) in [4.78, 5) is 13.2. The quantitative estimate of drug-likeness (QED) is 0.475. The number of benzene rings is 3. The van der Waals surface area contributed by atoms with Crippen LogP contribution in [0.3, 0.4) is 0 Å². The number of carbonyl (C=O) groups excluding carboxylic acids is 1. The molecule has 5 rings (SSSR count). The number of hydrogen-bond acceptors (Lipinski definition) is 4. The highest BCUT2D eigenvalue weighted by Gasteiger charge is 2.40. The highest BCUT2D eigenvalue weighted by molar-refractivity contribution is 7.92. The first kappa shape index (κ1) is 17.2. The third-order valence-corrected chi connectivity index (χ3v) is 7.40. The summed E-state index contributed by atoms with van der Waals surface area (Å²) < 4.78 is 32.3. The van der Waals surface area contributed by atoms with Gasteiger partial charge >= 0.3 is 5.97 Å². The first-order valence-corrected chi connectivity index (χ1v) is 10.8. The zero-order valence-electron chi connectivity index (χ0n) is 15.4. The standard InChI is InChI=1S/C23H18O4S/c1-2-27-23(24)18-13-15-12-11-14-7-3-4-8-16(14)20(15)22-21(18)17-9-5-6-10-19(17)28(22,25)26/h3-10,13H,2,11-12H2,1H3. The van der Waals surface area contributed by atoms with E-state index in [2.05, 4.69) is 0 Å². The van der Waals surface area contributed by atoms with Crippen molar-refractivity contribution < 1.29 is 17.9 Å². The predicted octanol–water partition coefficient (Wildman–Crippen LogP) is 4.44. The maximum absolute atomic E-state index is 13.5. The van der Waals surface area contributed by atoms with Crippen LogP contribution in [-0.2, 0) is 27.4 Å². The van der Waals surface area contributed by atoms with Crippen molar-refractivity contribution >= 4 is 15.8 Å². The van der Waals surface area contributed by atoms with Crippen molar-refractivity contribution in [2.75, 3.05) is 6.61 Å². The molecule has 140 valence electrons. The molecule has 0 fully saturated rings. The molecule has 0 saturated carbocycles. The lowest BCUT2D eigenvalue weighted by atomic mass is 9.82. The molecule has 0 atom stereocenters. The lowest BCUT2D eigenvalue weighted by Crippen LogP contribution is -2.13. The lowest BCUT2D eigenvalue weighted by Gasteiger charge is -2.23. The Bertz CT molecular complexity index is 1260. The van der Waals surface area contributed by atoms with E-state index in [4.69, 9.17) is 4.74 Å². The molecule has 28 heavy (non-hydrogen) atoms. The summed E-state index contributed by atoms with van der Waals surface area (Å²) in [6, 6.07) is 16.6. The zero-order chi connectivity index (χ0) is 19.5. The average molecular weight is 390 g/mol. The lowest BCUT2D eigenvalue weighted by molar-refractivity contribution is 0.0527. The largest absolute Gasteiger partial charge is 0.462 e.